The zero-order valence-corrected chi connectivity index (χ0v) is 13.0. The van der Waals surface area contributed by atoms with Gasteiger partial charge in [0.05, 0.1) is 7.11 Å². The molecule has 0 aliphatic carbocycles. The molecule has 0 spiro atoms. The van der Waals surface area contributed by atoms with Crippen LogP contribution in [0.3, 0.4) is 0 Å². The molecule has 0 saturated heterocycles. The highest BCUT2D eigenvalue weighted by molar-refractivity contribution is 7.54. The van der Waals surface area contributed by atoms with Crippen LogP contribution in [0.15, 0.2) is 24.3 Å². The molecule has 1 aromatic rings. The molecule has 0 aliphatic heterocycles. The van der Waals surface area contributed by atoms with Crippen molar-refractivity contribution in [3.8, 4) is 5.75 Å². The van der Waals surface area contributed by atoms with Crippen molar-refractivity contribution < 1.29 is 49.8 Å². The number of methoxy groups -OCH3 is 1. The molecule has 1 N–H and O–H groups in total. The third-order valence-corrected chi connectivity index (χ3v) is 4.39. The minimum Gasteiger partial charge on any atom is -0.496 e. The molecule has 0 radical (unpaired) electrons. The number of para-hydroxylation sites is 1. The first-order chi connectivity index (χ1) is 10.9. The molecule has 0 amide bonds. The van der Waals surface area contributed by atoms with Crippen molar-refractivity contribution in [3.63, 3.8) is 0 Å². The maximum Gasteiger partial charge on any atom is 0.412 e. The van der Waals surface area contributed by atoms with Gasteiger partial charge in [-0.3, -0.25) is 13.6 Å². The third kappa shape index (κ3) is 6.31. The molecule has 0 saturated carbocycles. The number of ether oxygens (including phenoxy) is 1. The van der Waals surface area contributed by atoms with E-state index in [4.69, 9.17) is 4.74 Å². The highest BCUT2D eigenvalue weighted by Gasteiger charge is 2.44. The molecular weight excluding hydrogens is 369 g/mol. The number of aliphatic hydroxyl groups excluding tert-OH is 1. The van der Waals surface area contributed by atoms with Crippen LogP contribution < -0.4 is 4.74 Å². The van der Waals surface area contributed by atoms with E-state index in [1.165, 1.54) is 18.2 Å². The van der Waals surface area contributed by atoms with Crippen molar-refractivity contribution in [2.24, 2.45) is 0 Å². The summed E-state index contributed by atoms with van der Waals surface area (Å²) in [6.45, 7) is -4.32. The minimum absolute atomic E-state index is 0.114. The van der Waals surface area contributed by atoms with Gasteiger partial charge in [-0.25, -0.2) is 0 Å². The first-order valence-corrected chi connectivity index (χ1v) is 7.82. The minimum atomic E-state index is -5.23. The lowest BCUT2D eigenvalue weighted by molar-refractivity contribution is -0.167. The molecule has 0 aliphatic rings. The van der Waals surface area contributed by atoms with Gasteiger partial charge >= 0.3 is 19.9 Å². The number of hydrogen-bond donors (Lipinski definition) is 1. The molecule has 1 aromatic carbocycles. The van der Waals surface area contributed by atoms with E-state index in [1.54, 1.807) is 0 Å². The van der Waals surface area contributed by atoms with Gasteiger partial charge in [-0.2, -0.15) is 26.3 Å². The second-order valence-corrected chi connectivity index (χ2v) is 6.52. The van der Waals surface area contributed by atoms with E-state index in [-0.39, 0.29) is 11.3 Å². The maximum atomic E-state index is 12.3. The highest BCUT2D eigenvalue weighted by Crippen LogP contribution is 2.61. The van der Waals surface area contributed by atoms with Crippen molar-refractivity contribution in [3.05, 3.63) is 29.8 Å². The molecule has 138 valence electrons. The molecule has 24 heavy (non-hydrogen) atoms. The van der Waals surface area contributed by atoms with E-state index in [9.17, 15) is 36.0 Å². The van der Waals surface area contributed by atoms with Gasteiger partial charge in [0, 0.05) is 5.56 Å². The van der Waals surface area contributed by atoms with Crippen LogP contribution in [0.2, 0.25) is 0 Å². The predicted octanol–water partition coefficient (Wildman–Crippen LogP) is 4.04. The lowest BCUT2D eigenvalue weighted by atomic mass is 10.2. The van der Waals surface area contributed by atoms with E-state index in [0.717, 1.165) is 13.2 Å². The average Bonchev–Trinajstić information content (AvgIpc) is 2.49. The van der Waals surface area contributed by atoms with E-state index in [0.29, 0.717) is 0 Å². The fourth-order valence-corrected chi connectivity index (χ4v) is 3.12. The van der Waals surface area contributed by atoms with Crippen molar-refractivity contribution in [1.29, 1.82) is 0 Å². The Labute approximate surface area is 132 Å². The predicted molar refractivity (Wildman–Crippen MR) is 69.6 cm³/mol. The molecule has 1 atom stereocenters. The lowest BCUT2D eigenvalue weighted by Crippen LogP contribution is -2.22. The van der Waals surface area contributed by atoms with Crippen molar-refractivity contribution in [2.45, 2.75) is 18.2 Å². The van der Waals surface area contributed by atoms with Gasteiger partial charge in [0.15, 0.2) is 19.1 Å². The van der Waals surface area contributed by atoms with E-state index in [2.05, 4.69) is 9.05 Å². The summed E-state index contributed by atoms with van der Waals surface area (Å²) in [5.41, 5.74) is -0.340. The molecule has 0 fully saturated rings. The number of halogens is 6. The Morgan fingerprint density at radius 1 is 1.04 bits per heavy atom. The Morgan fingerprint density at radius 3 is 1.92 bits per heavy atom. The van der Waals surface area contributed by atoms with E-state index < -0.39 is 39.0 Å². The van der Waals surface area contributed by atoms with E-state index in [1.807, 2.05) is 0 Å². The SMILES string of the molecule is COc1ccccc1[C@@H](O)P(=O)(OCC(F)(F)F)OCC(F)(F)F. The monoisotopic (exact) mass is 382 g/mol. The van der Waals surface area contributed by atoms with Crippen LogP contribution in [0.5, 0.6) is 5.75 Å². The van der Waals surface area contributed by atoms with Crippen LogP contribution in [-0.4, -0.2) is 37.8 Å². The largest absolute Gasteiger partial charge is 0.496 e. The summed E-state index contributed by atoms with van der Waals surface area (Å²) >= 11 is 0. The van der Waals surface area contributed by atoms with Crippen LogP contribution in [0.1, 0.15) is 11.4 Å². The zero-order valence-electron chi connectivity index (χ0n) is 12.1. The smallest absolute Gasteiger partial charge is 0.412 e. The first kappa shape index (κ1) is 20.8. The van der Waals surface area contributed by atoms with Gasteiger partial charge < -0.3 is 9.84 Å². The molecule has 0 bridgehead atoms. The summed E-state index contributed by atoms with van der Waals surface area (Å²) < 4.78 is 98.6. The standard InChI is InChI=1S/C12H13F6O5P/c1-21-9-5-3-2-4-8(9)10(19)24(20,22-6-11(13,14)15)23-7-12(16,17)18/h2-5,10,19H,6-7H2,1H3/t10-/m0/s1. The number of aliphatic hydroxyl groups is 1. The molecule has 1 rings (SSSR count). The van der Waals surface area contributed by atoms with Gasteiger partial charge in [-0.05, 0) is 6.07 Å². The number of benzene rings is 1. The third-order valence-electron chi connectivity index (χ3n) is 2.53. The number of hydrogen-bond acceptors (Lipinski definition) is 5. The highest BCUT2D eigenvalue weighted by atomic mass is 31.2. The van der Waals surface area contributed by atoms with Crippen molar-refractivity contribution in [2.75, 3.05) is 20.3 Å². The Kier molecular flexibility index (Phi) is 6.68. The first-order valence-electron chi connectivity index (χ1n) is 6.21. The summed E-state index contributed by atoms with van der Waals surface area (Å²) in [4.78, 5) is 0. The second-order valence-electron chi connectivity index (χ2n) is 4.43. The van der Waals surface area contributed by atoms with Crippen LogP contribution in [0.4, 0.5) is 26.3 Å². The summed E-state index contributed by atoms with van der Waals surface area (Å²) in [7, 11) is -4.09. The van der Waals surface area contributed by atoms with E-state index >= 15 is 0 Å². The Balaban J connectivity index is 3.12. The summed E-state index contributed by atoms with van der Waals surface area (Å²) in [5.74, 6) is -2.52. The second kappa shape index (κ2) is 7.73. The Morgan fingerprint density at radius 2 is 1.50 bits per heavy atom. The molecule has 12 heteroatoms. The molecule has 0 aromatic heterocycles. The maximum absolute atomic E-state index is 12.3. The zero-order chi connectivity index (χ0) is 18.6. The van der Waals surface area contributed by atoms with Gasteiger partial charge in [-0.1, -0.05) is 18.2 Å². The van der Waals surface area contributed by atoms with Gasteiger partial charge in [0.25, 0.3) is 0 Å². The van der Waals surface area contributed by atoms with Crippen LogP contribution in [0, 0.1) is 0 Å². The number of rotatable bonds is 7. The quantitative estimate of drug-likeness (QED) is 0.570. The van der Waals surface area contributed by atoms with Crippen LogP contribution >= 0.6 is 7.60 Å². The molecule has 0 unspecified atom stereocenters. The topological polar surface area (TPSA) is 65.0 Å². The number of alkyl halides is 6. The van der Waals surface area contributed by atoms with Gasteiger partial charge in [-0.15, -0.1) is 0 Å². The Hall–Kier alpha value is -1.29. The molecule has 0 heterocycles. The van der Waals surface area contributed by atoms with Crippen molar-refractivity contribution >= 4 is 7.60 Å². The van der Waals surface area contributed by atoms with Crippen LogP contribution in [-0.2, 0) is 13.6 Å². The Bertz CT molecular complexity index is 566. The summed E-state index contributed by atoms with van der Waals surface area (Å²) in [5, 5.41) is 10.0. The average molecular weight is 382 g/mol. The summed E-state index contributed by atoms with van der Waals surface area (Å²) in [6, 6.07) is 5.09. The van der Waals surface area contributed by atoms with Gasteiger partial charge in [0.2, 0.25) is 0 Å². The molecule has 5 nitrogen and oxygen atoms in total. The lowest BCUT2D eigenvalue weighted by Gasteiger charge is -2.25. The normalized spacial score (nSPS) is 14.5. The molecular formula is C12H13F6O5P. The van der Waals surface area contributed by atoms with Gasteiger partial charge in [0.1, 0.15) is 5.75 Å². The van der Waals surface area contributed by atoms with Crippen LogP contribution in [0.25, 0.3) is 0 Å². The van der Waals surface area contributed by atoms with Crippen molar-refractivity contribution in [1.82, 2.24) is 0 Å². The summed E-state index contributed by atoms with van der Waals surface area (Å²) in [6.07, 6.45) is -9.98. The fourth-order valence-electron chi connectivity index (χ4n) is 1.55. The fraction of sp³-hybridized carbons (Fsp3) is 0.500.